The molecule has 0 unspecified atom stereocenters. The van der Waals surface area contributed by atoms with Gasteiger partial charge in [-0.15, -0.1) is 0 Å². The van der Waals surface area contributed by atoms with E-state index in [1.165, 1.54) is 19.3 Å². The van der Waals surface area contributed by atoms with E-state index in [1.54, 1.807) is 0 Å². The van der Waals surface area contributed by atoms with Gasteiger partial charge in [0.25, 0.3) is 0 Å². The Labute approximate surface area is 113 Å². The molecule has 0 atom stereocenters. The van der Waals surface area contributed by atoms with Crippen molar-refractivity contribution in [3.05, 3.63) is 0 Å². The van der Waals surface area contributed by atoms with Crippen LogP contribution in [-0.2, 0) is 4.79 Å². The first-order chi connectivity index (χ1) is 8.31. The van der Waals surface area contributed by atoms with Crippen LogP contribution in [0.3, 0.4) is 0 Å². The van der Waals surface area contributed by atoms with E-state index in [2.05, 4.69) is 26.1 Å². The van der Waals surface area contributed by atoms with Crippen molar-refractivity contribution in [2.45, 2.75) is 78.7 Å². The summed E-state index contributed by atoms with van der Waals surface area (Å²) < 4.78 is 0. The summed E-state index contributed by atoms with van der Waals surface area (Å²) in [5, 5.41) is 3.03. The fraction of sp³-hybridized carbons (Fsp3) is 0.933. The molecule has 0 aliphatic heterocycles. The molecule has 0 saturated heterocycles. The van der Waals surface area contributed by atoms with Gasteiger partial charge in [-0.25, -0.2) is 0 Å². The van der Waals surface area contributed by atoms with E-state index in [0.717, 1.165) is 6.42 Å². The van der Waals surface area contributed by atoms with E-state index < -0.39 is 5.54 Å². The Balaban J connectivity index is 4.18. The van der Waals surface area contributed by atoms with Gasteiger partial charge < -0.3 is 11.1 Å². The molecule has 18 heavy (non-hydrogen) atoms. The number of rotatable bonds is 9. The van der Waals surface area contributed by atoms with E-state index in [4.69, 9.17) is 5.73 Å². The minimum absolute atomic E-state index is 0.00364. The number of nitrogens with one attached hydrogen (secondary N) is 1. The molecule has 3 N–H and O–H groups in total. The van der Waals surface area contributed by atoms with Crippen molar-refractivity contribution in [3.8, 4) is 0 Å². The average molecular weight is 256 g/mol. The topological polar surface area (TPSA) is 55.1 Å². The lowest BCUT2D eigenvalue weighted by molar-refractivity contribution is -0.127. The number of carbonyl (C=O) groups is 1. The van der Waals surface area contributed by atoms with Crippen LogP contribution in [0.5, 0.6) is 0 Å². The number of unbranched alkanes of at least 4 members (excludes halogenated alkanes) is 2. The lowest BCUT2D eigenvalue weighted by Crippen LogP contribution is -2.54. The van der Waals surface area contributed by atoms with Gasteiger partial charge in [-0.1, -0.05) is 53.9 Å². The zero-order valence-corrected chi connectivity index (χ0v) is 12.9. The monoisotopic (exact) mass is 256 g/mol. The van der Waals surface area contributed by atoms with Crippen molar-refractivity contribution in [2.24, 2.45) is 11.1 Å². The van der Waals surface area contributed by atoms with Gasteiger partial charge in [-0.2, -0.15) is 0 Å². The highest BCUT2D eigenvalue weighted by molar-refractivity contribution is 5.85. The zero-order valence-electron chi connectivity index (χ0n) is 12.9. The molecule has 0 radical (unpaired) electrons. The zero-order chi connectivity index (χ0) is 14.2. The van der Waals surface area contributed by atoms with Crippen LogP contribution in [0.15, 0.2) is 0 Å². The highest BCUT2D eigenvalue weighted by Crippen LogP contribution is 2.23. The highest BCUT2D eigenvalue weighted by Gasteiger charge is 2.30. The standard InChI is InChI=1S/C15H32N2O/c1-6-9-10-11-14(4,5)12-17-13(18)15(16,7-2)8-3/h6-12,16H2,1-5H3,(H,17,18). The maximum atomic E-state index is 12.1. The van der Waals surface area contributed by atoms with Crippen LogP contribution in [0.4, 0.5) is 0 Å². The van der Waals surface area contributed by atoms with E-state index in [1.807, 2.05) is 13.8 Å². The third-order valence-electron chi connectivity index (χ3n) is 3.90. The van der Waals surface area contributed by atoms with E-state index in [-0.39, 0.29) is 11.3 Å². The van der Waals surface area contributed by atoms with Crippen LogP contribution in [0.25, 0.3) is 0 Å². The molecule has 3 nitrogen and oxygen atoms in total. The number of hydrogen-bond donors (Lipinski definition) is 2. The largest absolute Gasteiger partial charge is 0.354 e. The van der Waals surface area contributed by atoms with Crippen molar-refractivity contribution in [2.75, 3.05) is 6.54 Å². The van der Waals surface area contributed by atoms with Crippen molar-refractivity contribution in [1.29, 1.82) is 0 Å². The molecule has 0 fully saturated rings. The molecule has 108 valence electrons. The fourth-order valence-corrected chi connectivity index (χ4v) is 2.01. The highest BCUT2D eigenvalue weighted by atomic mass is 16.2. The van der Waals surface area contributed by atoms with Gasteiger partial charge in [0.15, 0.2) is 0 Å². The molecule has 0 aliphatic carbocycles. The average Bonchev–Trinajstić information content (AvgIpc) is 2.35. The minimum Gasteiger partial charge on any atom is -0.354 e. The molecular weight excluding hydrogens is 224 g/mol. The number of amides is 1. The summed E-state index contributed by atoms with van der Waals surface area (Å²) in [5.41, 5.74) is 5.54. The Morgan fingerprint density at radius 2 is 1.67 bits per heavy atom. The van der Waals surface area contributed by atoms with Crippen molar-refractivity contribution in [3.63, 3.8) is 0 Å². The molecule has 0 heterocycles. The van der Waals surface area contributed by atoms with E-state index >= 15 is 0 Å². The van der Waals surface area contributed by atoms with Crippen molar-refractivity contribution < 1.29 is 4.79 Å². The predicted molar refractivity (Wildman–Crippen MR) is 78.4 cm³/mol. The molecule has 0 bridgehead atoms. The Morgan fingerprint density at radius 1 is 1.11 bits per heavy atom. The van der Waals surface area contributed by atoms with Crippen LogP contribution in [-0.4, -0.2) is 18.0 Å². The van der Waals surface area contributed by atoms with Gasteiger partial charge >= 0.3 is 0 Å². The first-order valence-corrected chi connectivity index (χ1v) is 7.38. The van der Waals surface area contributed by atoms with Crippen LogP contribution < -0.4 is 11.1 Å². The van der Waals surface area contributed by atoms with Gasteiger partial charge in [-0.05, 0) is 24.7 Å². The SMILES string of the molecule is CCCCCC(C)(C)CNC(=O)C(N)(CC)CC. The summed E-state index contributed by atoms with van der Waals surface area (Å²) in [7, 11) is 0. The summed E-state index contributed by atoms with van der Waals surface area (Å²) in [5.74, 6) is -0.00364. The second-order valence-electron chi connectivity index (χ2n) is 6.17. The van der Waals surface area contributed by atoms with Crippen LogP contribution >= 0.6 is 0 Å². The lowest BCUT2D eigenvalue weighted by atomic mass is 9.86. The van der Waals surface area contributed by atoms with E-state index in [9.17, 15) is 4.79 Å². The molecular formula is C15H32N2O. The first kappa shape index (κ1) is 17.4. The number of carbonyl (C=O) groups excluding carboxylic acids is 1. The third kappa shape index (κ3) is 5.85. The van der Waals surface area contributed by atoms with Crippen LogP contribution in [0.1, 0.15) is 73.1 Å². The molecule has 0 aromatic rings. The molecule has 0 rings (SSSR count). The maximum Gasteiger partial charge on any atom is 0.240 e. The predicted octanol–water partition coefficient (Wildman–Crippen LogP) is 3.23. The van der Waals surface area contributed by atoms with Gasteiger partial charge in [0.1, 0.15) is 0 Å². The second-order valence-corrected chi connectivity index (χ2v) is 6.17. The van der Waals surface area contributed by atoms with Gasteiger partial charge in [0.05, 0.1) is 5.54 Å². The molecule has 3 heteroatoms. The first-order valence-electron chi connectivity index (χ1n) is 7.38. The van der Waals surface area contributed by atoms with Gasteiger partial charge in [0, 0.05) is 6.54 Å². The Kier molecular flexibility index (Phi) is 7.53. The van der Waals surface area contributed by atoms with Crippen LogP contribution in [0, 0.1) is 5.41 Å². The van der Waals surface area contributed by atoms with Gasteiger partial charge in [-0.3, -0.25) is 4.79 Å². The van der Waals surface area contributed by atoms with E-state index in [0.29, 0.717) is 19.4 Å². The molecule has 0 spiro atoms. The fourth-order valence-electron chi connectivity index (χ4n) is 2.01. The smallest absolute Gasteiger partial charge is 0.240 e. The summed E-state index contributed by atoms with van der Waals surface area (Å²) in [6.45, 7) is 11.3. The molecule has 0 saturated carbocycles. The normalized spacial score (nSPS) is 12.6. The number of nitrogens with two attached hydrogens (primary N) is 1. The Morgan fingerprint density at radius 3 is 2.11 bits per heavy atom. The minimum atomic E-state index is -0.695. The van der Waals surface area contributed by atoms with Crippen LogP contribution in [0.2, 0.25) is 0 Å². The second kappa shape index (κ2) is 7.78. The van der Waals surface area contributed by atoms with Crippen molar-refractivity contribution >= 4 is 5.91 Å². The summed E-state index contributed by atoms with van der Waals surface area (Å²) in [6, 6.07) is 0. The summed E-state index contributed by atoms with van der Waals surface area (Å²) in [6.07, 6.45) is 6.25. The third-order valence-corrected chi connectivity index (χ3v) is 3.90. The molecule has 0 aromatic carbocycles. The lowest BCUT2D eigenvalue weighted by Gasteiger charge is -2.30. The maximum absolute atomic E-state index is 12.1. The Bertz CT molecular complexity index is 245. The molecule has 0 aromatic heterocycles. The van der Waals surface area contributed by atoms with Gasteiger partial charge in [0.2, 0.25) is 5.91 Å². The number of hydrogen-bond acceptors (Lipinski definition) is 2. The van der Waals surface area contributed by atoms with Crippen molar-refractivity contribution in [1.82, 2.24) is 5.32 Å². The molecule has 1 amide bonds. The Hall–Kier alpha value is -0.570. The summed E-state index contributed by atoms with van der Waals surface area (Å²) in [4.78, 5) is 12.1. The molecule has 0 aliphatic rings. The quantitative estimate of drug-likeness (QED) is 0.622. The summed E-state index contributed by atoms with van der Waals surface area (Å²) >= 11 is 0.